The first-order chi connectivity index (χ1) is 16.1. The van der Waals surface area contributed by atoms with Gasteiger partial charge in [0.15, 0.2) is 0 Å². The molecule has 34 heavy (non-hydrogen) atoms. The first-order valence-electron chi connectivity index (χ1n) is 11.4. The fourth-order valence-corrected chi connectivity index (χ4v) is 3.42. The minimum absolute atomic E-state index is 0.0559. The van der Waals surface area contributed by atoms with E-state index >= 15 is 0 Å². The van der Waals surface area contributed by atoms with Gasteiger partial charge in [0.25, 0.3) is 0 Å². The Kier molecular flexibility index (Phi) is 8.02. The van der Waals surface area contributed by atoms with Crippen LogP contribution in [-0.4, -0.2) is 16.6 Å². The van der Waals surface area contributed by atoms with Crippen molar-refractivity contribution >= 4 is 23.1 Å². The maximum atomic E-state index is 13.7. The van der Waals surface area contributed by atoms with Gasteiger partial charge in [-0.3, -0.25) is 0 Å². The van der Waals surface area contributed by atoms with E-state index in [2.05, 4.69) is 27.5 Å². The Bertz CT molecular complexity index is 1080. The van der Waals surface area contributed by atoms with E-state index in [0.717, 1.165) is 36.8 Å². The summed E-state index contributed by atoms with van der Waals surface area (Å²) in [6.45, 7) is 8.79. The van der Waals surface area contributed by atoms with Crippen LogP contribution in [0.3, 0.4) is 0 Å². The number of para-hydroxylation sites is 1. The van der Waals surface area contributed by atoms with Crippen LogP contribution in [0.15, 0.2) is 54.7 Å². The van der Waals surface area contributed by atoms with E-state index in [-0.39, 0.29) is 17.2 Å². The average Bonchev–Trinajstić information content (AvgIpc) is 2.77. The van der Waals surface area contributed by atoms with E-state index in [1.165, 1.54) is 0 Å². The molecule has 0 aliphatic carbocycles. The fourth-order valence-electron chi connectivity index (χ4n) is 3.42. The summed E-state index contributed by atoms with van der Waals surface area (Å²) in [5.41, 5.74) is 0.885. The molecule has 3 aromatic rings. The van der Waals surface area contributed by atoms with Crippen LogP contribution < -0.4 is 15.4 Å². The normalized spacial score (nSPS) is 11.9. The number of unbranched alkanes of at least 4 members (excludes halogenated alkanes) is 2. The van der Waals surface area contributed by atoms with Gasteiger partial charge >= 0.3 is 6.18 Å². The molecule has 0 unspecified atom stereocenters. The van der Waals surface area contributed by atoms with Gasteiger partial charge in [-0.1, -0.05) is 58.7 Å². The number of halogens is 3. The topological polar surface area (TPSA) is 59.1 Å². The lowest BCUT2D eigenvalue weighted by molar-refractivity contribution is -0.137. The molecule has 0 saturated carbocycles. The predicted octanol–water partition coefficient (Wildman–Crippen LogP) is 7.85. The molecule has 0 atom stereocenters. The SMILES string of the molecule is CCCCCOc1ccc(Nc2ncc(C(F)(F)F)c(Nc3ccccc3C(C)(C)C)n2)cc1. The summed E-state index contributed by atoms with van der Waals surface area (Å²) < 4.78 is 46.7. The molecule has 0 bridgehead atoms. The number of aromatic nitrogens is 2. The van der Waals surface area contributed by atoms with Crippen molar-refractivity contribution in [3.05, 3.63) is 65.9 Å². The molecular formula is C26H31F3N4O. The first-order valence-corrected chi connectivity index (χ1v) is 11.4. The quantitative estimate of drug-likeness (QED) is 0.311. The van der Waals surface area contributed by atoms with E-state index in [9.17, 15) is 13.2 Å². The smallest absolute Gasteiger partial charge is 0.421 e. The number of hydrogen-bond donors (Lipinski definition) is 2. The maximum absolute atomic E-state index is 13.7. The molecule has 2 N–H and O–H groups in total. The Morgan fingerprint density at radius 3 is 2.24 bits per heavy atom. The summed E-state index contributed by atoms with van der Waals surface area (Å²) in [5.74, 6) is 0.481. The average molecular weight is 473 g/mol. The van der Waals surface area contributed by atoms with Crippen molar-refractivity contribution in [2.45, 2.75) is 58.5 Å². The van der Waals surface area contributed by atoms with Gasteiger partial charge in [0.05, 0.1) is 6.61 Å². The molecule has 0 fully saturated rings. The largest absolute Gasteiger partial charge is 0.494 e. The summed E-state index contributed by atoms with van der Waals surface area (Å²) in [6.07, 6.45) is -0.583. The zero-order valence-corrected chi connectivity index (χ0v) is 20.0. The third-order valence-electron chi connectivity index (χ3n) is 5.21. The Hall–Kier alpha value is -3.29. The van der Waals surface area contributed by atoms with Gasteiger partial charge in [-0.25, -0.2) is 4.98 Å². The number of hydrogen-bond acceptors (Lipinski definition) is 5. The minimum Gasteiger partial charge on any atom is -0.494 e. The number of anilines is 4. The predicted molar refractivity (Wildman–Crippen MR) is 130 cm³/mol. The molecule has 2 aromatic carbocycles. The van der Waals surface area contributed by atoms with Gasteiger partial charge in [-0.05, 0) is 47.7 Å². The highest BCUT2D eigenvalue weighted by Crippen LogP contribution is 2.37. The van der Waals surface area contributed by atoms with Gasteiger partial charge in [0, 0.05) is 17.6 Å². The van der Waals surface area contributed by atoms with E-state index in [0.29, 0.717) is 18.0 Å². The third kappa shape index (κ3) is 6.85. The van der Waals surface area contributed by atoms with Crippen LogP contribution >= 0.6 is 0 Å². The molecule has 0 amide bonds. The van der Waals surface area contributed by atoms with Gasteiger partial charge < -0.3 is 15.4 Å². The lowest BCUT2D eigenvalue weighted by atomic mass is 9.86. The second-order valence-corrected chi connectivity index (χ2v) is 9.08. The van der Waals surface area contributed by atoms with Gasteiger partial charge in [0.1, 0.15) is 17.1 Å². The van der Waals surface area contributed by atoms with E-state index in [4.69, 9.17) is 4.74 Å². The molecule has 0 aliphatic heterocycles. The number of nitrogens with one attached hydrogen (secondary N) is 2. The third-order valence-corrected chi connectivity index (χ3v) is 5.21. The molecule has 3 rings (SSSR count). The van der Waals surface area contributed by atoms with Gasteiger partial charge in [-0.15, -0.1) is 0 Å². The Morgan fingerprint density at radius 1 is 0.882 bits per heavy atom. The zero-order chi connectivity index (χ0) is 24.8. The highest BCUT2D eigenvalue weighted by Gasteiger charge is 2.35. The summed E-state index contributed by atoms with van der Waals surface area (Å²) in [4.78, 5) is 8.05. The number of alkyl halides is 3. The maximum Gasteiger partial charge on any atom is 0.421 e. The summed E-state index contributed by atoms with van der Waals surface area (Å²) in [6, 6.07) is 14.4. The van der Waals surface area contributed by atoms with Crippen LogP contribution in [0.1, 0.15) is 58.1 Å². The van der Waals surface area contributed by atoms with Crippen LogP contribution in [0.25, 0.3) is 0 Å². The van der Waals surface area contributed by atoms with Crippen molar-refractivity contribution in [2.24, 2.45) is 0 Å². The molecule has 0 aliphatic rings. The molecule has 0 saturated heterocycles. The van der Waals surface area contributed by atoms with E-state index in [1.807, 2.05) is 32.9 Å². The Labute approximate surface area is 198 Å². The molecule has 1 heterocycles. The molecule has 0 radical (unpaired) electrons. The Morgan fingerprint density at radius 2 is 1.59 bits per heavy atom. The van der Waals surface area contributed by atoms with Crippen LogP contribution in [0.2, 0.25) is 0 Å². The van der Waals surface area contributed by atoms with Gasteiger partial charge in [-0.2, -0.15) is 18.2 Å². The minimum atomic E-state index is -4.60. The van der Waals surface area contributed by atoms with Crippen molar-refractivity contribution in [3.8, 4) is 5.75 Å². The second kappa shape index (κ2) is 10.8. The van der Waals surface area contributed by atoms with Crippen LogP contribution in [0, 0.1) is 0 Å². The van der Waals surface area contributed by atoms with Crippen LogP contribution in [-0.2, 0) is 11.6 Å². The lowest BCUT2D eigenvalue weighted by Gasteiger charge is -2.24. The standard InChI is InChI=1S/C26H31F3N4O/c1-5-6-9-16-34-19-14-12-18(13-15-19)31-24-30-17-21(26(27,28)29)23(33-24)32-22-11-8-7-10-20(22)25(2,3)4/h7-8,10-15,17H,5-6,9,16H2,1-4H3,(H2,30,31,32,33). The summed E-state index contributed by atoms with van der Waals surface area (Å²) in [5, 5.41) is 5.86. The highest BCUT2D eigenvalue weighted by atomic mass is 19.4. The van der Waals surface area contributed by atoms with Crippen LogP contribution in [0.4, 0.5) is 36.3 Å². The number of rotatable bonds is 9. The number of benzene rings is 2. The number of ether oxygens (including phenoxy) is 1. The second-order valence-electron chi connectivity index (χ2n) is 9.08. The fraction of sp³-hybridized carbons (Fsp3) is 0.385. The molecule has 0 spiro atoms. The number of nitrogens with zero attached hydrogens (tertiary/aromatic N) is 2. The van der Waals surface area contributed by atoms with Crippen molar-refractivity contribution < 1.29 is 17.9 Å². The van der Waals surface area contributed by atoms with Crippen molar-refractivity contribution in [3.63, 3.8) is 0 Å². The Balaban J connectivity index is 1.83. The molecule has 182 valence electrons. The molecule has 1 aromatic heterocycles. The summed E-state index contributed by atoms with van der Waals surface area (Å²) >= 11 is 0. The molecule has 5 nitrogen and oxygen atoms in total. The molecular weight excluding hydrogens is 441 g/mol. The van der Waals surface area contributed by atoms with E-state index < -0.39 is 11.7 Å². The zero-order valence-electron chi connectivity index (χ0n) is 20.0. The van der Waals surface area contributed by atoms with Crippen LogP contribution in [0.5, 0.6) is 5.75 Å². The highest BCUT2D eigenvalue weighted by molar-refractivity contribution is 5.66. The van der Waals surface area contributed by atoms with E-state index in [1.54, 1.807) is 36.4 Å². The molecule has 8 heteroatoms. The van der Waals surface area contributed by atoms with Crippen molar-refractivity contribution in [1.29, 1.82) is 0 Å². The monoisotopic (exact) mass is 472 g/mol. The first kappa shape index (κ1) is 25.3. The lowest BCUT2D eigenvalue weighted by Crippen LogP contribution is -2.16. The van der Waals surface area contributed by atoms with Crippen molar-refractivity contribution in [1.82, 2.24) is 9.97 Å². The van der Waals surface area contributed by atoms with Gasteiger partial charge in [0.2, 0.25) is 5.95 Å². The summed E-state index contributed by atoms with van der Waals surface area (Å²) in [7, 11) is 0. The van der Waals surface area contributed by atoms with Crippen molar-refractivity contribution in [2.75, 3.05) is 17.2 Å².